The molecule has 0 saturated carbocycles. The Hall–Kier alpha value is -1.71. The monoisotopic (exact) mass is 292 g/mol. The van der Waals surface area contributed by atoms with Crippen LogP contribution in [0.15, 0.2) is 48.8 Å². The Morgan fingerprint density at radius 3 is 2.63 bits per heavy atom. The zero-order chi connectivity index (χ0) is 13.2. The lowest BCUT2D eigenvalue weighted by Crippen LogP contribution is -1.95. The number of pyridine rings is 1. The van der Waals surface area contributed by atoms with E-state index in [4.69, 9.17) is 27.9 Å². The number of fused-ring (bicyclic) bond motifs is 1. The fourth-order valence-corrected chi connectivity index (χ4v) is 2.13. The van der Waals surface area contributed by atoms with Crippen molar-refractivity contribution < 1.29 is 4.74 Å². The summed E-state index contributed by atoms with van der Waals surface area (Å²) in [5.74, 6) is 0.757. The van der Waals surface area contributed by atoms with E-state index < -0.39 is 0 Å². The number of rotatable bonds is 3. The van der Waals surface area contributed by atoms with Crippen molar-refractivity contribution in [3.8, 4) is 5.75 Å². The van der Waals surface area contributed by atoms with Crippen LogP contribution in [0.25, 0.3) is 5.65 Å². The lowest BCUT2D eigenvalue weighted by Gasteiger charge is -2.03. The Morgan fingerprint density at radius 1 is 1.11 bits per heavy atom. The molecule has 1 aromatic carbocycles. The lowest BCUT2D eigenvalue weighted by atomic mass is 10.3. The van der Waals surface area contributed by atoms with Gasteiger partial charge in [0.15, 0.2) is 5.65 Å². The molecule has 0 radical (unpaired) electrons. The third kappa shape index (κ3) is 2.67. The fourth-order valence-electron chi connectivity index (χ4n) is 1.79. The fraction of sp³-hybridized carbons (Fsp3) is 0.0714. The standard InChI is InChI=1S/C14H10Cl2N2O/c15-10-3-5-12(6-4-10)19-9-11-8-18-7-1-2-13(16)14(18)17-11/h1-8H,9H2. The first-order chi connectivity index (χ1) is 9.22. The second kappa shape index (κ2) is 5.11. The molecule has 0 aliphatic heterocycles. The molecule has 0 spiro atoms. The average molecular weight is 293 g/mol. The van der Waals surface area contributed by atoms with Crippen molar-refractivity contribution in [2.45, 2.75) is 6.61 Å². The molecule has 0 N–H and O–H groups in total. The van der Waals surface area contributed by atoms with E-state index in [9.17, 15) is 0 Å². The van der Waals surface area contributed by atoms with Crippen LogP contribution in [0.5, 0.6) is 5.75 Å². The summed E-state index contributed by atoms with van der Waals surface area (Å²) >= 11 is 11.9. The summed E-state index contributed by atoms with van der Waals surface area (Å²) in [4.78, 5) is 4.42. The lowest BCUT2D eigenvalue weighted by molar-refractivity contribution is 0.302. The van der Waals surface area contributed by atoms with E-state index in [0.717, 1.165) is 17.1 Å². The van der Waals surface area contributed by atoms with Crippen LogP contribution in [0.3, 0.4) is 0 Å². The minimum Gasteiger partial charge on any atom is -0.487 e. The van der Waals surface area contributed by atoms with Gasteiger partial charge in [-0.2, -0.15) is 0 Å². The molecule has 0 saturated heterocycles. The Balaban J connectivity index is 1.78. The molecule has 2 heterocycles. The van der Waals surface area contributed by atoms with Gasteiger partial charge in [-0.25, -0.2) is 4.98 Å². The first kappa shape index (κ1) is 12.3. The molecule has 3 rings (SSSR count). The molecular weight excluding hydrogens is 283 g/mol. The van der Waals surface area contributed by atoms with Gasteiger partial charge in [0, 0.05) is 17.4 Å². The van der Waals surface area contributed by atoms with Gasteiger partial charge in [-0.05, 0) is 36.4 Å². The molecule has 0 amide bonds. The van der Waals surface area contributed by atoms with E-state index in [0.29, 0.717) is 16.7 Å². The molecule has 0 bridgehead atoms. The molecule has 0 atom stereocenters. The van der Waals surface area contributed by atoms with E-state index in [-0.39, 0.29) is 0 Å². The van der Waals surface area contributed by atoms with Crippen LogP contribution in [-0.4, -0.2) is 9.38 Å². The van der Waals surface area contributed by atoms with Crippen molar-refractivity contribution in [3.05, 3.63) is 64.5 Å². The van der Waals surface area contributed by atoms with Crippen LogP contribution in [0.1, 0.15) is 5.69 Å². The molecule has 0 aliphatic carbocycles. The first-order valence-corrected chi connectivity index (χ1v) is 6.48. The van der Waals surface area contributed by atoms with Crippen molar-refractivity contribution >= 4 is 28.8 Å². The van der Waals surface area contributed by atoms with Crippen LogP contribution < -0.4 is 4.74 Å². The molecule has 3 aromatic rings. The van der Waals surface area contributed by atoms with Crippen molar-refractivity contribution in [3.63, 3.8) is 0 Å². The number of aromatic nitrogens is 2. The summed E-state index contributed by atoms with van der Waals surface area (Å²) < 4.78 is 7.52. The third-order valence-electron chi connectivity index (χ3n) is 2.69. The van der Waals surface area contributed by atoms with Gasteiger partial charge in [0.1, 0.15) is 12.4 Å². The number of hydrogen-bond donors (Lipinski definition) is 0. The van der Waals surface area contributed by atoms with E-state index in [2.05, 4.69) is 4.98 Å². The summed E-state index contributed by atoms with van der Waals surface area (Å²) in [6.45, 7) is 0.389. The van der Waals surface area contributed by atoms with Gasteiger partial charge in [-0.15, -0.1) is 0 Å². The summed E-state index contributed by atoms with van der Waals surface area (Å²) in [7, 11) is 0. The van der Waals surface area contributed by atoms with Crippen LogP contribution in [-0.2, 0) is 6.61 Å². The van der Waals surface area contributed by atoms with Gasteiger partial charge in [0.25, 0.3) is 0 Å². The van der Waals surface area contributed by atoms with Crippen LogP contribution in [0, 0.1) is 0 Å². The molecular formula is C14H10Cl2N2O. The highest BCUT2D eigenvalue weighted by Crippen LogP contribution is 2.19. The van der Waals surface area contributed by atoms with Crippen molar-refractivity contribution in [1.82, 2.24) is 9.38 Å². The quantitative estimate of drug-likeness (QED) is 0.722. The molecule has 2 aromatic heterocycles. The highest BCUT2D eigenvalue weighted by Gasteiger charge is 2.05. The predicted octanol–water partition coefficient (Wildman–Crippen LogP) is 4.22. The van der Waals surface area contributed by atoms with Crippen molar-refractivity contribution in [1.29, 1.82) is 0 Å². The summed E-state index contributed by atoms with van der Waals surface area (Å²) in [6.07, 6.45) is 3.80. The van der Waals surface area contributed by atoms with Crippen molar-refractivity contribution in [2.75, 3.05) is 0 Å². The zero-order valence-electron chi connectivity index (χ0n) is 9.88. The van der Waals surface area contributed by atoms with Crippen LogP contribution >= 0.6 is 23.2 Å². The Bertz CT molecular complexity index is 707. The molecule has 5 heteroatoms. The molecule has 19 heavy (non-hydrogen) atoms. The Labute approximate surface area is 120 Å². The first-order valence-electron chi connectivity index (χ1n) is 5.73. The summed E-state index contributed by atoms with van der Waals surface area (Å²) in [5, 5.41) is 1.31. The maximum atomic E-state index is 6.07. The van der Waals surface area contributed by atoms with Crippen molar-refractivity contribution in [2.24, 2.45) is 0 Å². The van der Waals surface area contributed by atoms with Gasteiger partial charge < -0.3 is 9.14 Å². The maximum Gasteiger partial charge on any atom is 0.155 e. The van der Waals surface area contributed by atoms with Gasteiger partial charge in [0.05, 0.1) is 10.7 Å². The number of nitrogens with zero attached hydrogens (tertiary/aromatic N) is 2. The number of ether oxygens (including phenoxy) is 1. The van der Waals surface area contributed by atoms with E-state index in [1.807, 2.05) is 41.1 Å². The van der Waals surface area contributed by atoms with Gasteiger partial charge >= 0.3 is 0 Å². The van der Waals surface area contributed by atoms with E-state index in [1.165, 1.54) is 0 Å². The molecule has 0 fully saturated rings. The largest absolute Gasteiger partial charge is 0.487 e. The van der Waals surface area contributed by atoms with Crippen LogP contribution in [0.2, 0.25) is 10.0 Å². The average Bonchev–Trinajstić information content (AvgIpc) is 2.83. The Kier molecular flexibility index (Phi) is 3.32. The molecule has 3 nitrogen and oxygen atoms in total. The smallest absolute Gasteiger partial charge is 0.155 e. The maximum absolute atomic E-state index is 6.07. The number of benzene rings is 1. The van der Waals surface area contributed by atoms with E-state index >= 15 is 0 Å². The molecule has 0 aliphatic rings. The van der Waals surface area contributed by atoms with Gasteiger partial charge in [0.2, 0.25) is 0 Å². The minimum absolute atomic E-state index is 0.389. The normalized spacial score (nSPS) is 10.8. The van der Waals surface area contributed by atoms with E-state index in [1.54, 1.807) is 12.1 Å². The topological polar surface area (TPSA) is 26.5 Å². The highest BCUT2D eigenvalue weighted by atomic mass is 35.5. The highest BCUT2D eigenvalue weighted by molar-refractivity contribution is 6.33. The van der Waals surface area contributed by atoms with Gasteiger partial charge in [-0.1, -0.05) is 23.2 Å². The molecule has 0 unspecified atom stereocenters. The number of halogens is 2. The predicted molar refractivity (Wildman–Crippen MR) is 76.0 cm³/mol. The van der Waals surface area contributed by atoms with Crippen LogP contribution in [0.4, 0.5) is 0 Å². The second-order valence-corrected chi connectivity index (χ2v) is 4.91. The number of hydrogen-bond acceptors (Lipinski definition) is 2. The number of imidazole rings is 1. The Morgan fingerprint density at radius 2 is 1.89 bits per heavy atom. The summed E-state index contributed by atoms with van der Waals surface area (Å²) in [5.41, 5.74) is 1.56. The summed E-state index contributed by atoms with van der Waals surface area (Å²) in [6, 6.07) is 10.9. The third-order valence-corrected chi connectivity index (χ3v) is 3.23. The zero-order valence-corrected chi connectivity index (χ0v) is 11.4. The minimum atomic E-state index is 0.389. The SMILES string of the molecule is Clc1ccc(OCc2cn3cccc(Cl)c3n2)cc1. The van der Waals surface area contributed by atoms with Gasteiger partial charge in [-0.3, -0.25) is 0 Å². The second-order valence-electron chi connectivity index (χ2n) is 4.06. The molecule has 96 valence electrons.